The topological polar surface area (TPSA) is 243 Å². The maximum absolute atomic E-state index is 12.4. The van der Waals surface area contributed by atoms with E-state index in [1.165, 1.54) is 44.0 Å². The number of carbonyl (C=O) groups is 8. The Balaban J connectivity index is -0.000000162. The molecule has 0 aromatic carbocycles. The second-order valence-electron chi connectivity index (χ2n) is 31.0. The summed E-state index contributed by atoms with van der Waals surface area (Å²) < 4.78 is 66.5. The van der Waals surface area contributed by atoms with Crippen molar-refractivity contribution in [3.63, 3.8) is 0 Å². The van der Waals surface area contributed by atoms with Crippen molar-refractivity contribution in [2.45, 2.75) is 271 Å². The molecular formula is C80H137F3N4O14S. The number of halogens is 3. The Morgan fingerprint density at radius 1 is 0.667 bits per heavy atom. The van der Waals surface area contributed by atoms with Gasteiger partial charge in [-0.15, -0.1) is 0 Å². The highest BCUT2D eigenvalue weighted by Gasteiger charge is 2.31. The van der Waals surface area contributed by atoms with Crippen LogP contribution in [0.3, 0.4) is 0 Å². The molecular weight excluding hydrogens is 1330 g/mol. The van der Waals surface area contributed by atoms with Gasteiger partial charge in [0, 0.05) is 63.7 Å². The second-order valence-corrected chi connectivity index (χ2v) is 31.9. The van der Waals surface area contributed by atoms with Crippen LogP contribution in [0.15, 0.2) is 102 Å². The second kappa shape index (κ2) is 54.7. The van der Waals surface area contributed by atoms with E-state index in [2.05, 4.69) is 52.4 Å². The average Bonchev–Trinajstić information content (AvgIpc) is 1.65. The largest absolute Gasteiger partial charge is 0.466 e. The Kier molecular flexibility index (Phi) is 59.6. The van der Waals surface area contributed by atoms with Crippen LogP contribution in [0.4, 0.5) is 13.2 Å². The quantitative estimate of drug-likeness (QED) is 0.0710. The third-order valence-electron chi connectivity index (χ3n) is 11.4. The van der Waals surface area contributed by atoms with Crippen LogP contribution in [-0.4, -0.2) is 125 Å². The first-order chi connectivity index (χ1) is 45.0. The van der Waals surface area contributed by atoms with Crippen molar-refractivity contribution in [3.8, 4) is 0 Å². The molecule has 3 rings (SSSR count). The van der Waals surface area contributed by atoms with Gasteiger partial charge in [-0.1, -0.05) is 167 Å². The highest BCUT2D eigenvalue weighted by Crippen LogP contribution is 2.33. The summed E-state index contributed by atoms with van der Waals surface area (Å²) in [5, 5.41) is 3.50. The van der Waals surface area contributed by atoms with Crippen LogP contribution < -0.4 is 5.32 Å². The molecule has 0 saturated heterocycles. The maximum Gasteiger partial charge on any atom is 0.335 e. The molecule has 22 heteroatoms. The number of ketones is 4. The molecule has 18 nitrogen and oxygen atoms in total. The van der Waals surface area contributed by atoms with Gasteiger partial charge < -0.3 is 33.7 Å². The number of aromatic nitrogens is 3. The molecule has 2 aromatic heterocycles. The van der Waals surface area contributed by atoms with E-state index in [9.17, 15) is 51.5 Å². The van der Waals surface area contributed by atoms with E-state index >= 15 is 0 Å². The van der Waals surface area contributed by atoms with Gasteiger partial charge in [0.25, 0.3) is 11.2 Å². The number of rotatable bonds is 16. The van der Waals surface area contributed by atoms with Crippen LogP contribution >= 0.6 is 11.3 Å². The zero-order chi connectivity index (χ0) is 80.0. The zero-order valence-corrected chi connectivity index (χ0v) is 68.0. The SMILES string of the molecule is C.C.C/C(F)=C/C(=O)C(C)(C)C.C/C=C/C(=O)C(C)(C)C.C=C(COC(C)C)C(=O)OCC.CC(C)(C)C1CC=CC1=O.CC(C)(C)NC(=O)c1csc(F)n1.CC(C)(C)c1cnc(F)nc1.CC(C)=CC(=O)C(C)(C)C.CCOC(=O)/C=C/COC(C)(C)C.COC(=O)/C=C/COC(C)(C)C. The number of methoxy groups -OCH3 is 1. The van der Waals surface area contributed by atoms with Gasteiger partial charge in [0.15, 0.2) is 23.1 Å². The molecule has 0 spiro atoms. The van der Waals surface area contributed by atoms with Crippen LogP contribution in [0.2, 0.25) is 0 Å². The minimum Gasteiger partial charge on any atom is -0.466 e. The number of allylic oxidation sites excluding steroid dienone is 8. The normalized spacial score (nSPS) is 12.9. The van der Waals surface area contributed by atoms with E-state index in [1.807, 2.05) is 165 Å². The Morgan fingerprint density at radius 3 is 1.36 bits per heavy atom. The predicted octanol–water partition coefficient (Wildman–Crippen LogP) is 19.4. The summed E-state index contributed by atoms with van der Waals surface area (Å²) in [6.45, 7) is 66.3. The lowest BCUT2D eigenvalue weighted by Crippen LogP contribution is -2.40. The Labute approximate surface area is 619 Å². The monoisotopic (exact) mass is 1470 g/mol. The molecule has 0 radical (unpaired) electrons. The molecule has 0 fully saturated rings. The van der Waals surface area contributed by atoms with Crippen LogP contribution in [0.5, 0.6) is 0 Å². The van der Waals surface area contributed by atoms with Crippen molar-refractivity contribution in [3.05, 3.63) is 125 Å². The van der Waals surface area contributed by atoms with Crippen molar-refractivity contribution in [2.75, 3.05) is 40.1 Å². The van der Waals surface area contributed by atoms with Gasteiger partial charge >= 0.3 is 24.0 Å². The summed E-state index contributed by atoms with van der Waals surface area (Å²) >= 11 is 0.820. The third-order valence-corrected chi connectivity index (χ3v) is 12.0. The van der Waals surface area contributed by atoms with E-state index in [0.29, 0.717) is 37.8 Å². The maximum atomic E-state index is 12.4. The first-order valence-corrected chi connectivity index (χ1v) is 34.1. The van der Waals surface area contributed by atoms with E-state index in [4.69, 9.17) is 23.7 Å². The van der Waals surface area contributed by atoms with Crippen LogP contribution in [-0.2, 0) is 67.4 Å². The van der Waals surface area contributed by atoms with Crippen LogP contribution in [0.1, 0.15) is 259 Å². The van der Waals surface area contributed by atoms with Gasteiger partial charge in [-0.3, -0.25) is 24.0 Å². The van der Waals surface area contributed by atoms with Crippen molar-refractivity contribution in [1.82, 2.24) is 20.3 Å². The molecule has 0 bridgehead atoms. The van der Waals surface area contributed by atoms with E-state index in [0.717, 1.165) is 35.0 Å². The number of esters is 3. The summed E-state index contributed by atoms with van der Waals surface area (Å²) in [5.41, 5.74) is 1.09. The standard InChI is InChI=1S/C10H18O3.2C9H16O3.C9H14O.C9H16O.C8H11FN2OS.C8H11FN2.C8H13FO.C8H14O.2CH4/c1-5-12-9(11)7-6-8-13-10(2,3)4;1-9(2,3)12-7-5-6-8(10)11-4;1-5-11-9(10)8(4)6-12-7(2)3;1-9(2,3)7-5-4-6-8(7)10;1-7(2)6-8(10)9(3,4)5;1-8(2,3)11-6(12)5-4-13-7(9)10-5;1-8(2,3)6-4-10-7(9)11-5-6;1-6(9)5-7(10)8(2,3)4;1-5-6-7(9)8(2,3)4;;/h6-7H,5,8H2,1-4H3;5-6H,7H2,1-4H3;7H,4-6H2,1-3H3;4,6-7H,5H2,1-3H3;6H,1-5H3;4H,1-3H3,(H,11,12);4-5H,1-3H3;5H,1-4H3;5-6H,1-4H3;2*1H4/b7-6+;6-5+;;;;;;6-5-;6-5+;;. The number of amides is 1. The minimum absolute atomic E-state index is 0. The average molecular weight is 1470 g/mol. The van der Waals surface area contributed by atoms with Gasteiger partial charge in [0.2, 0.25) is 0 Å². The lowest BCUT2D eigenvalue weighted by atomic mass is 9.79. The molecule has 1 aliphatic carbocycles. The molecule has 1 N–H and O–H groups in total. The van der Waals surface area contributed by atoms with Crippen molar-refractivity contribution in [2.24, 2.45) is 27.6 Å². The van der Waals surface area contributed by atoms with Gasteiger partial charge in [0.1, 0.15) is 11.5 Å². The zero-order valence-electron chi connectivity index (χ0n) is 67.2. The molecule has 1 atom stereocenters. The highest BCUT2D eigenvalue weighted by atomic mass is 32.1. The van der Waals surface area contributed by atoms with E-state index in [1.54, 1.807) is 71.1 Å². The third kappa shape index (κ3) is 71.5. The summed E-state index contributed by atoms with van der Waals surface area (Å²) in [4.78, 5) is 98.3. The number of hydrogen-bond acceptors (Lipinski definition) is 18. The van der Waals surface area contributed by atoms with Crippen molar-refractivity contribution < 1.29 is 79.9 Å². The number of hydrogen-bond donors (Lipinski definition) is 1. The summed E-state index contributed by atoms with van der Waals surface area (Å²) in [7, 11) is 1.34. The predicted molar refractivity (Wildman–Crippen MR) is 413 cm³/mol. The molecule has 2 aromatic rings. The number of ether oxygens (including phenoxy) is 6. The first kappa shape index (κ1) is 111. The molecule has 0 saturated carbocycles. The Hall–Kier alpha value is -6.88. The van der Waals surface area contributed by atoms with Gasteiger partial charge in [-0.25, -0.2) is 33.7 Å². The van der Waals surface area contributed by atoms with Crippen LogP contribution in [0.25, 0.3) is 0 Å². The molecule has 588 valence electrons. The van der Waals surface area contributed by atoms with E-state index in [-0.39, 0.29) is 119 Å². The van der Waals surface area contributed by atoms with Crippen molar-refractivity contribution >= 4 is 58.3 Å². The minimum atomic E-state index is -0.669. The van der Waals surface area contributed by atoms with Gasteiger partial charge in [-0.05, 0) is 159 Å². The molecule has 1 aliphatic rings. The summed E-state index contributed by atoms with van der Waals surface area (Å²) in [6, 6.07) is 0. The molecule has 102 heavy (non-hydrogen) atoms. The fraction of sp³-hybridized carbons (Fsp3) is 0.637. The number of nitrogens with zero attached hydrogens (tertiary/aromatic N) is 3. The lowest BCUT2D eigenvalue weighted by Gasteiger charge is -2.24. The van der Waals surface area contributed by atoms with Crippen LogP contribution in [0, 0.1) is 38.9 Å². The highest BCUT2D eigenvalue weighted by molar-refractivity contribution is 7.08. The molecule has 0 aliphatic heterocycles. The van der Waals surface area contributed by atoms with Crippen molar-refractivity contribution in [1.29, 1.82) is 0 Å². The Morgan fingerprint density at radius 2 is 1.10 bits per heavy atom. The fourth-order valence-corrected chi connectivity index (χ4v) is 6.29. The number of thiazole rings is 1. The summed E-state index contributed by atoms with van der Waals surface area (Å²) in [5.74, 6) is -1.08. The molecule has 1 amide bonds. The van der Waals surface area contributed by atoms with Gasteiger partial charge in [0.05, 0.1) is 63.0 Å². The Bertz CT molecular complexity index is 2890. The van der Waals surface area contributed by atoms with Gasteiger partial charge in [-0.2, -0.15) is 8.78 Å². The van der Waals surface area contributed by atoms with E-state index < -0.39 is 22.6 Å². The number of carbonyl (C=O) groups excluding carboxylic acids is 8. The lowest BCUT2D eigenvalue weighted by molar-refractivity contribution is -0.139. The summed E-state index contributed by atoms with van der Waals surface area (Å²) in [6.07, 6.45) is 19.2. The fourth-order valence-electron chi connectivity index (χ4n) is 5.77. The molecule has 1 unspecified atom stereocenters. The first-order valence-electron chi connectivity index (χ1n) is 33.2. The molecule has 2 heterocycles. The number of nitrogens with one attached hydrogen (secondary N) is 1. The smallest absolute Gasteiger partial charge is 0.335 e.